The summed E-state index contributed by atoms with van der Waals surface area (Å²) in [5, 5.41) is 9.05. The third-order valence-electron chi connectivity index (χ3n) is 2.61. The molecule has 1 aromatic heterocycles. The lowest BCUT2D eigenvalue weighted by atomic mass is 10.2. The summed E-state index contributed by atoms with van der Waals surface area (Å²) in [4.78, 5) is 2.12. The minimum absolute atomic E-state index is 0.0598. The number of aliphatic hydroxyl groups excluding tert-OH is 1. The van der Waals surface area contributed by atoms with E-state index in [1.54, 1.807) is 12.5 Å². The quantitative estimate of drug-likeness (QED) is 0.941. The molecule has 1 N–H and O–H groups in total. The van der Waals surface area contributed by atoms with Crippen LogP contribution in [0.15, 0.2) is 45.7 Å². The summed E-state index contributed by atoms with van der Waals surface area (Å²) in [7, 11) is 2.02. The molecule has 0 aliphatic heterocycles. The van der Waals surface area contributed by atoms with Crippen molar-refractivity contribution in [3.8, 4) is 0 Å². The van der Waals surface area contributed by atoms with E-state index in [0.29, 0.717) is 0 Å². The summed E-state index contributed by atoms with van der Waals surface area (Å²) in [6, 6.07) is 7.80. The normalized spacial score (nSPS) is 10.5. The predicted molar refractivity (Wildman–Crippen MR) is 70.9 cm³/mol. The van der Waals surface area contributed by atoms with Crippen LogP contribution in [0.2, 0.25) is 0 Å². The number of aliphatic hydroxyl groups is 1. The van der Waals surface area contributed by atoms with Gasteiger partial charge in [0.15, 0.2) is 0 Å². The van der Waals surface area contributed by atoms with Crippen molar-refractivity contribution in [1.29, 1.82) is 0 Å². The maximum Gasteiger partial charge on any atom is 0.0952 e. The lowest BCUT2D eigenvalue weighted by Gasteiger charge is -2.20. The highest BCUT2D eigenvalue weighted by Crippen LogP contribution is 2.27. The molecule has 0 aliphatic rings. The van der Waals surface area contributed by atoms with E-state index >= 15 is 0 Å². The average Bonchev–Trinajstić information content (AvgIpc) is 2.81. The van der Waals surface area contributed by atoms with Crippen molar-refractivity contribution >= 4 is 21.6 Å². The molecule has 1 aromatic carbocycles. The van der Waals surface area contributed by atoms with Crippen molar-refractivity contribution in [1.82, 2.24) is 0 Å². The van der Waals surface area contributed by atoms with Gasteiger partial charge >= 0.3 is 0 Å². The van der Waals surface area contributed by atoms with Crippen molar-refractivity contribution in [3.63, 3.8) is 0 Å². The minimum Gasteiger partial charge on any atom is -0.472 e. The maximum atomic E-state index is 9.05. The van der Waals surface area contributed by atoms with Crippen LogP contribution in [0.4, 0.5) is 5.69 Å². The Morgan fingerprint density at radius 1 is 1.29 bits per heavy atom. The Hall–Kier alpha value is -1.26. The molecule has 0 aliphatic carbocycles. The van der Waals surface area contributed by atoms with Gasteiger partial charge in [-0.15, -0.1) is 0 Å². The first-order valence-corrected chi connectivity index (χ1v) is 6.11. The fraction of sp³-hybridized carbons (Fsp3) is 0.231. The van der Waals surface area contributed by atoms with E-state index in [9.17, 15) is 0 Å². The van der Waals surface area contributed by atoms with E-state index in [4.69, 9.17) is 9.52 Å². The van der Waals surface area contributed by atoms with E-state index < -0.39 is 0 Å². The molecule has 0 bridgehead atoms. The molecule has 0 spiro atoms. The fourth-order valence-corrected chi connectivity index (χ4v) is 2.43. The molecule has 0 radical (unpaired) electrons. The molecule has 17 heavy (non-hydrogen) atoms. The van der Waals surface area contributed by atoms with Crippen LogP contribution in [0.5, 0.6) is 0 Å². The van der Waals surface area contributed by atoms with Crippen LogP contribution >= 0.6 is 15.9 Å². The minimum atomic E-state index is 0.0598. The predicted octanol–water partition coefficient (Wildman–Crippen LogP) is 3.17. The number of anilines is 1. The Morgan fingerprint density at radius 3 is 2.71 bits per heavy atom. The van der Waals surface area contributed by atoms with E-state index in [-0.39, 0.29) is 6.61 Å². The zero-order valence-corrected chi connectivity index (χ0v) is 11.1. The third-order valence-corrected chi connectivity index (χ3v) is 3.24. The van der Waals surface area contributed by atoms with Gasteiger partial charge in [-0.25, -0.2) is 0 Å². The Balaban J connectivity index is 2.16. The zero-order valence-electron chi connectivity index (χ0n) is 9.56. The highest BCUT2D eigenvalue weighted by atomic mass is 79.9. The van der Waals surface area contributed by atoms with Gasteiger partial charge in [-0.1, -0.05) is 6.07 Å². The Labute approximate surface area is 109 Å². The molecule has 2 rings (SSSR count). The second kappa shape index (κ2) is 5.38. The fourth-order valence-electron chi connectivity index (χ4n) is 1.70. The number of hydrogen-bond acceptors (Lipinski definition) is 3. The number of furan rings is 1. The van der Waals surface area contributed by atoms with E-state index in [1.165, 1.54) is 0 Å². The monoisotopic (exact) mass is 295 g/mol. The van der Waals surface area contributed by atoms with Crippen LogP contribution in [-0.2, 0) is 13.2 Å². The van der Waals surface area contributed by atoms with Crippen LogP contribution in [0.1, 0.15) is 11.1 Å². The van der Waals surface area contributed by atoms with Crippen molar-refractivity contribution in [2.24, 2.45) is 0 Å². The van der Waals surface area contributed by atoms with Crippen molar-refractivity contribution in [2.75, 3.05) is 11.9 Å². The third kappa shape index (κ3) is 2.90. The SMILES string of the molecule is CN(Cc1ccoc1)c1ccc(CO)cc1Br. The number of hydrogen-bond donors (Lipinski definition) is 1. The largest absolute Gasteiger partial charge is 0.472 e. The second-order valence-corrected chi connectivity index (χ2v) is 4.79. The summed E-state index contributed by atoms with van der Waals surface area (Å²) >= 11 is 3.52. The molecular weight excluding hydrogens is 282 g/mol. The topological polar surface area (TPSA) is 36.6 Å². The molecule has 1 heterocycles. The molecule has 90 valence electrons. The van der Waals surface area contributed by atoms with Gasteiger partial charge in [0.05, 0.1) is 24.8 Å². The van der Waals surface area contributed by atoms with Crippen LogP contribution in [0, 0.1) is 0 Å². The van der Waals surface area contributed by atoms with Crippen molar-refractivity contribution in [2.45, 2.75) is 13.2 Å². The first-order chi connectivity index (χ1) is 8.20. The van der Waals surface area contributed by atoms with Gasteiger partial charge in [0.25, 0.3) is 0 Å². The van der Waals surface area contributed by atoms with Gasteiger partial charge in [-0.2, -0.15) is 0 Å². The molecule has 4 heteroatoms. The van der Waals surface area contributed by atoms with Crippen LogP contribution < -0.4 is 4.90 Å². The molecule has 0 fully saturated rings. The number of halogens is 1. The smallest absolute Gasteiger partial charge is 0.0952 e. The highest BCUT2D eigenvalue weighted by molar-refractivity contribution is 9.10. The molecule has 0 amide bonds. The standard InChI is InChI=1S/C13H14BrNO2/c1-15(7-11-4-5-17-9-11)13-3-2-10(8-16)6-12(13)14/h2-6,9,16H,7-8H2,1H3. The molecule has 0 atom stereocenters. The van der Waals surface area contributed by atoms with Gasteiger partial charge < -0.3 is 14.4 Å². The van der Waals surface area contributed by atoms with E-state index in [1.807, 2.05) is 31.3 Å². The number of nitrogens with zero attached hydrogens (tertiary/aromatic N) is 1. The van der Waals surface area contributed by atoms with Crippen LogP contribution in [0.25, 0.3) is 0 Å². The Bertz CT molecular complexity index is 482. The van der Waals surface area contributed by atoms with Crippen LogP contribution in [-0.4, -0.2) is 12.2 Å². The second-order valence-electron chi connectivity index (χ2n) is 3.93. The molecular formula is C13H14BrNO2. The Morgan fingerprint density at radius 2 is 2.12 bits per heavy atom. The van der Waals surface area contributed by atoms with E-state index in [0.717, 1.165) is 27.8 Å². The zero-order chi connectivity index (χ0) is 12.3. The summed E-state index contributed by atoms with van der Waals surface area (Å²) in [6.07, 6.45) is 3.42. The lowest BCUT2D eigenvalue weighted by Crippen LogP contribution is -2.16. The first-order valence-electron chi connectivity index (χ1n) is 5.32. The lowest BCUT2D eigenvalue weighted by molar-refractivity contribution is 0.282. The van der Waals surface area contributed by atoms with Gasteiger partial charge in [-0.05, 0) is 39.7 Å². The van der Waals surface area contributed by atoms with Crippen LogP contribution in [0.3, 0.4) is 0 Å². The van der Waals surface area contributed by atoms with E-state index in [2.05, 4.69) is 20.8 Å². The summed E-state index contributed by atoms with van der Waals surface area (Å²) in [5.74, 6) is 0. The van der Waals surface area contributed by atoms with Gasteiger partial charge in [0, 0.05) is 23.6 Å². The average molecular weight is 296 g/mol. The summed E-state index contributed by atoms with van der Waals surface area (Å²) < 4.78 is 6.03. The molecule has 0 saturated heterocycles. The summed E-state index contributed by atoms with van der Waals surface area (Å²) in [6.45, 7) is 0.845. The first kappa shape index (κ1) is 12.2. The van der Waals surface area contributed by atoms with Crippen molar-refractivity contribution in [3.05, 3.63) is 52.4 Å². The van der Waals surface area contributed by atoms with Gasteiger partial charge in [0.2, 0.25) is 0 Å². The van der Waals surface area contributed by atoms with Gasteiger partial charge in [0.1, 0.15) is 0 Å². The maximum absolute atomic E-state index is 9.05. The molecule has 0 saturated carbocycles. The number of benzene rings is 1. The molecule has 2 aromatic rings. The van der Waals surface area contributed by atoms with Gasteiger partial charge in [-0.3, -0.25) is 0 Å². The molecule has 3 nitrogen and oxygen atoms in total. The number of rotatable bonds is 4. The molecule has 0 unspecified atom stereocenters. The van der Waals surface area contributed by atoms with Crippen molar-refractivity contribution < 1.29 is 9.52 Å². The highest BCUT2D eigenvalue weighted by Gasteiger charge is 2.07. The Kier molecular flexibility index (Phi) is 3.86. The summed E-state index contributed by atoms with van der Waals surface area (Å²) in [5.41, 5.74) is 3.12.